The van der Waals surface area contributed by atoms with Gasteiger partial charge in [0.05, 0.1) is 34.6 Å². The molecule has 2 N–H and O–H groups in total. The lowest BCUT2D eigenvalue weighted by Crippen LogP contribution is -2.45. The minimum atomic E-state index is -2.85. The largest absolute Gasteiger partial charge is 0.370 e. The van der Waals surface area contributed by atoms with Crippen molar-refractivity contribution in [2.24, 2.45) is 13.0 Å². The van der Waals surface area contributed by atoms with Gasteiger partial charge in [0.1, 0.15) is 11.6 Å². The molecular weight excluding hydrogens is 724 g/mol. The fourth-order valence-corrected chi connectivity index (χ4v) is 8.90. The average molecular weight is 772 g/mol. The van der Waals surface area contributed by atoms with Crippen LogP contribution in [0.15, 0.2) is 47.7 Å². The highest BCUT2D eigenvalue weighted by atomic mass is 19.3. The van der Waals surface area contributed by atoms with Crippen molar-refractivity contribution in [1.82, 2.24) is 43.7 Å². The van der Waals surface area contributed by atoms with Crippen molar-refractivity contribution in [2.75, 3.05) is 36.9 Å². The van der Waals surface area contributed by atoms with Crippen LogP contribution in [0.25, 0.3) is 16.7 Å². The van der Waals surface area contributed by atoms with E-state index in [2.05, 4.69) is 42.7 Å². The summed E-state index contributed by atoms with van der Waals surface area (Å²) in [6, 6.07) is 7.26. The number of hydrogen-bond acceptors (Lipinski definition) is 9. The first-order chi connectivity index (χ1) is 27.0. The Morgan fingerprint density at radius 1 is 1.05 bits per heavy atom. The van der Waals surface area contributed by atoms with Crippen LogP contribution in [0.4, 0.5) is 20.2 Å². The van der Waals surface area contributed by atoms with Crippen LogP contribution in [0, 0.1) is 5.92 Å². The second-order valence-corrected chi connectivity index (χ2v) is 15.4. The number of nitrogens with zero attached hydrogens (tertiary/aromatic N) is 9. The van der Waals surface area contributed by atoms with Crippen molar-refractivity contribution < 1.29 is 23.2 Å². The predicted molar refractivity (Wildman–Crippen MR) is 205 cm³/mol. The summed E-state index contributed by atoms with van der Waals surface area (Å²) in [5.74, 6) is -0.862. The zero-order valence-corrected chi connectivity index (χ0v) is 31.8. The summed E-state index contributed by atoms with van der Waals surface area (Å²) < 4.78 is 34.5. The van der Waals surface area contributed by atoms with Gasteiger partial charge in [0.2, 0.25) is 11.8 Å². The molecule has 0 spiro atoms. The van der Waals surface area contributed by atoms with Crippen LogP contribution in [0.1, 0.15) is 98.5 Å². The van der Waals surface area contributed by atoms with E-state index in [1.54, 1.807) is 22.5 Å². The number of carbonyl (C=O) groups is 3. The maximum Gasteiger partial charge on any atom is 0.329 e. The number of imide groups is 1. The molecule has 15 nitrogen and oxygen atoms in total. The van der Waals surface area contributed by atoms with Crippen LogP contribution < -0.4 is 21.2 Å². The van der Waals surface area contributed by atoms with E-state index in [0.717, 1.165) is 75.1 Å². The molecule has 3 fully saturated rings. The molecule has 5 aromatic rings. The highest BCUT2D eigenvalue weighted by Gasteiger charge is 2.34. The van der Waals surface area contributed by atoms with Crippen molar-refractivity contribution in [3.8, 4) is 0 Å². The molecule has 0 radical (unpaired) electrons. The molecule has 296 valence electrons. The predicted octanol–water partition coefficient (Wildman–Crippen LogP) is 4.64. The number of rotatable bonds is 10. The topological polar surface area (TPSA) is 157 Å². The summed E-state index contributed by atoms with van der Waals surface area (Å²) in [6.45, 7) is 4.53. The molecule has 0 bridgehead atoms. The zero-order valence-electron chi connectivity index (χ0n) is 31.8. The number of halogens is 2. The Balaban J connectivity index is 0.868. The van der Waals surface area contributed by atoms with E-state index in [1.165, 1.54) is 21.5 Å². The fraction of sp³-hybridized carbons (Fsp3) is 0.513. The number of fused-ring (bicyclic) bond motifs is 2. The number of benzene rings is 1. The minimum absolute atomic E-state index is 0.00506. The highest BCUT2D eigenvalue weighted by Crippen LogP contribution is 2.37. The Kier molecular flexibility index (Phi) is 10.2. The minimum Gasteiger partial charge on any atom is -0.370 e. The Labute approximate surface area is 321 Å². The molecule has 17 heteroatoms. The van der Waals surface area contributed by atoms with Gasteiger partial charge in [0, 0.05) is 57.2 Å². The average Bonchev–Trinajstić information content (AvgIpc) is 3.89. The fourth-order valence-electron chi connectivity index (χ4n) is 8.90. The summed E-state index contributed by atoms with van der Waals surface area (Å²) in [4.78, 5) is 60.4. The molecule has 1 unspecified atom stereocenters. The van der Waals surface area contributed by atoms with Gasteiger partial charge in [0.25, 0.3) is 12.3 Å². The third-order valence-corrected chi connectivity index (χ3v) is 12.0. The van der Waals surface area contributed by atoms with Gasteiger partial charge in [-0.1, -0.05) is 13.0 Å². The molecule has 2 saturated heterocycles. The maximum absolute atomic E-state index is 14.2. The van der Waals surface area contributed by atoms with Crippen LogP contribution >= 0.6 is 0 Å². The normalized spacial score (nSPS) is 21.1. The SMILES string of the molecule is CCc1ccn2ncc(C(=O)Nc3cn([C@H]4CC[C@H](CN(C)C5CCN(c6cccc7c6n(C)c(=O)n7C6CCC(=O)NC6=O)CC5)CC4)nc3C(F)F)c2n1. The molecule has 1 aliphatic carbocycles. The van der Waals surface area contributed by atoms with Crippen LogP contribution in [-0.4, -0.2) is 88.9 Å². The quantitative estimate of drug-likeness (QED) is 0.193. The van der Waals surface area contributed by atoms with E-state index in [1.807, 2.05) is 31.2 Å². The van der Waals surface area contributed by atoms with Crippen molar-refractivity contribution >= 4 is 45.8 Å². The lowest BCUT2D eigenvalue weighted by molar-refractivity contribution is -0.135. The first kappa shape index (κ1) is 37.5. The van der Waals surface area contributed by atoms with Crippen molar-refractivity contribution in [2.45, 2.75) is 89.3 Å². The number of piperidine rings is 2. The molecule has 1 aromatic carbocycles. The molecule has 2 aliphatic heterocycles. The number of carbonyl (C=O) groups excluding carboxylic acids is 3. The Morgan fingerprint density at radius 3 is 2.54 bits per heavy atom. The van der Waals surface area contributed by atoms with E-state index in [-0.39, 0.29) is 35.3 Å². The maximum atomic E-state index is 14.2. The molecule has 6 heterocycles. The second kappa shape index (κ2) is 15.2. The number of aryl methyl sites for hydroxylation is 2. The molecule has 56 heavy (non-hydrogen) atoms. The standard InChI is InChI=1S/C39H47F2N11O4/c1-4-24-14-19-50-36(43-24)27(20-42-50)37(54)44-28-22-51(46-33(28)35(40)41)26-10-8-23(9-11-26)21-47(2)25-15-17-49(18-16-25)29-6-5-7-30-34(29)48(3)39(56)52(30)31-12-13-32(53)45-38(31)55/h5-7,14,19-20,22-23,25-26,31,35H,4,8-13,15-18,21H2,1-3H3,(H,44,54)(H,45,53,55)/t23-,26-,31?. The number of hydrogen-bond donors (Lipinski definition) is 2. The number of para-hydroxylation sites is 1. The molecule has 3 amide bonds. The Hall–Kier alpha value is -5.45. The Morgan fingerprint density at radius 2 is 1.82 bits per heavy atom. The van der Waals surface area contributed by atoms with Gasteiger partial charge in [-0.2, -0.15) is 10.2 Å². The van der Waals surface area contributed by atoms with Crippen LogP contribution in [0.3, 0.4) is 0 Å². The summed E-state index contributed by atoms with van der Waals surface area (Å²) >= 11 is 0. The zero-order chi connectivity index (χ0) is 39.2. The van der Waals surface area contributed by atoms with Gasteiger partial charge in [-0.25, -0.2) is 23.1 Å². The molecular formula is C39H47F2N11O4. The summed E-state index contributed by atoms with van der Waals surface area (Å²) in [7, 11) is 3.91. The van der Waals surface area contributed by atoms with E-state index < -0.39 is 30.0 Å². The number of alkyl halides is 2. The second-order valence-electron chi connectivity index (χ2n) is 15.4. The third kappa shape index (κ3) is 6.96. The Bertz CT molecular complexity index is 2350. The van der Waals surface area contributed by atoms with Crippen LogP contribution in [0.5, 0.6) is 0 Å². The van der Waals surface area contributed by atoms with Gasteiger partial charge < -0.3 is 15.1 Å². The van der Waals surface area contributed by atoms with Gasteiger partial charge >= 0.3 is 5.69 Å². The van der Waals surface area contributed by atoms with Gasteiger partial charge in [-0.15, -0.1) is 0 Å². The molecule has 1 atom stereocenters. The summed E-state index contributed by atoms with van der Waals surface area (Å²) in [5, 5.41) is 13.5. The monoisotopic (exact) mass is 771 g/mol. The number of imidazole rings is 1. The molecule has 8 rings (SSSR count). The smallest absolute Gasteiger partial charge is 0.329 e. The number of nitrogens with one attached hydrogen (secondary N) is 2. The number of amides is 3. The molecule has 3 aliphatic rings. The molecule has 4 aromatic heterocycles. The first-order valence-electron chi connectivity index (χ1n) is 19.5. The van der Waals surface area contributed by atoms with Crippen LogP contribution in [-0.2, 0) is 23.1 Å². The van der Waals surface area contributed by atoms with E-state index >= 15 is 0 Å². The number of aromatic nitrogens is 7. The summed E-state index contributed by atoms with van der Waals surface area (Å²) in [6.07, 6.45) is 8.34. The lowest BCUT2D eigenvalue weighted by Gasteiger charge is -2.40. The van der Waals surface area contributed by atoms with Gasteiger partial charge in [-0.05, 0) is 82.5 Å². The first-order valence-corrected chi connectivity index (χ1v) is 19.5. The van der Waals surface area contributed by atoms with Crippen LogP contribution in [0.2, 0.25) is 0 Å². The summed E-state index contributed by atoms with van der Waals surface area (Å²) in [5.41, 5.74) is 3.07. The third-order valence-electron chi connectivity index (χ3n) is 12.0. The van der Waals surface area contributed by atoms with Crippen molar-refractivity contribution in [3.05, 3.63) is 70.3 Å². The number of anilines is 2. The van der Waals surface area contributed by atoms with E-state index in [4.69, 9.17) is 0 Å². The molecule has 1 saturated carbocycles. The van der Waals surface area contributed by atoms with E-state index in [0.29, 0.717) is 36.0 Å². The van der Waals surface area contributed by atoms with Crippen molar-refractivity contribution in [1.29, 1.82) is 0 Å². The highest BCUT2D eigenvalue weighted by molar-refractivity contribution is 6.08. The van der Waals surface area contributed by atoms with Gasteiger partial charge in [0.15, 0.2) is 11.3 Å². The lowest BCUT2D eigenvalue weighted by atomic mass is 9.85. The van der Waals surface area contributed by atoms with Crippen molar-refractivity contribution in [3.63, 3.8) is 0 Å². The van der Waals surface area contributed by atoms with E-state index in [9.17, 15) is 28.0 Å². The van der Waals surface area contributed by atoms with Gasteiger partial charge in [-0.3, -0.25) is 33.5 Å².